The standard InChI is InChI=1S/C18H16Cl2N2S/c19-15-6-5-13(11-16(15)20)22-9-7-12-8-10-23-17-4-2-1-3-14(17)18(12)21-22/h1-6,11-12H,7-10H2. The van der Waals surface area contributed by atoms with Gasteiger partial charge in [0.25, 0.3) is 0 Å². The SMILES string of the molecule is Clc1ccc(N2CCC3CCSc4ccccc4C3=N2)cc1Cl. The number of halogens is 2. The molecule has 0 radical (unpaired) electrons. The Kier molecular flexibility index (Phi) is 4.27. The lowest BCUT2D eigenvalue weighted by Gasteiger charge is -2.30. The minimum Gasteiger partial charge on any atom is -0.265 e. The van der Waals surface area contributed by atoms with Gasteiger partial charge in [0.2, 0.25) is 0 Å². The summed E-state index contributed by atoms with van der Waals surface area (Å²) in [5.41, 5.74) is 3.49. The average molecular weight is 363 g/mol. The molecule has 4 rings (SSSR count). The first-order valence-corrected chi connectivity index (χ1v) is 9.50. The van der Waals surface area contributed by atoms with Crippen LogP contribution in [0.3, 0.4) is 0 Å². The van der Waals surface area contributed by atoms with Gasteiger partial charge in [0, 0.05) is 22.9 Å². The molecule has 0 saturated heterocycles. The fourth-order valence-corrected chi connectivity index (χ4v) is 4.60. The molecule has 0 aromatic heterocycles. The van der Waals surface area contributed by atoms with Gasteiger partial charge in [-0.25, -0.2) is 0 Å². The predicted octanol–water partition coefficient (Wildman–Crippen LogP) is 5.72. The summed E-state index contributed by atoms with van der Waals surface area (Å²) < 4.78 is 0. The zero-order valence-electron chi connectivity index (χ0n) is 12.5. The number of hydrogen-bond donors (Lipinski definition) is 0. The van der Waals surface area contributed by atoms with Crippen LogP contribution in [-0.2, 0) is 0 Å². The summed E-state index contributed by atoms with van der Waals surface area (Å²) in [6, 6.07) is 14.3. The summed E-state index contributed by atoms with van der Waals surface area (Å²) in [5.74, 6) is 1.71. The van der Waals surface area contributed by atoms with Crippen LogP contribution in [0.2, 0.25) is 10.0 Å². The Labute approximate surface area is 150 Å². The zero-order valence-corrected chi connectivity index (χ0v) is 14.8. The largest absolute Gasteiger partial charge is 0.265 e. The number of hydrazone groups is 1. The summed E-state index contributed by atoms with van der Waals surface area (Å²) >= 11 is 14.1. The average Bonchev–Trinajstić information content (AvgIpc) is 2.76. The fourth-order valence-electron chi connectivity index (χ4n) is 3.18. The van der Waals surface area contributed by atoms with Crippen molar-refractivity contribution in [2.45, 2.75) is 17.7 Å². The van der Waals surface area contributed by atoms with Crippen LogP contribution in [0.1, 0.15) is 18.4 Å². The topological polar surface area (TPSA) is 15.6 Å². The molecule has 2 aromatic carbocycles. The Hall–Kier alpha value is -1.16. The highest BCUT2D eigenvalue weighted by molar-refractivity contribution is 7.99. The molecule has 1 atom stereocenters. The van der Waals surface area contributed by atoms with E-state index in [4.69, 9.17) is 28.3 Å². The molecule has 0 bridgehead atoms. The number of benzene rings is 2. The third kappa shape index (κ3) is 2.98. The summed E-state index contributed by atoms with van der Waals surface area (Å²) in [5, 5.41) is 8.19. The van der Waals surface area contributed by atoms with E-state index in [1.165, 1.54) is 22.6 Å². The van der Waals surface area contributed by atoms with E-state index in [-0.39, 0.29) is 0 Å². The van der Waals surface area contributed by atoms with Crippen LogP contribution in [-0.4, -0.2) is 18.0 Å². The third-order valence-corrected chi connectivity index (χ3v) is 6.24. The Balaban J connectivity index is 1.76. The van der Waals surface area contributed by atoms with Crippen molar-refractivity contribution in [3.63, 3.8) is 0 Å². The zero-order chi connectivity index (χ0) is 15.8. The molecule has 5 heteroatoms. The van der Waals surface area contributed by atoms with Crippen molar-refractivity contribution in [2.24, 2.45) is 11.0 Å². The van der Waals surface area contributed by atoms with Gasteiger partial charge in [0.1, 0.15) is 0 Å². The molecular formula is C18H16Cl2N2S. The smallest absolute Gasteiger partial charge is 0.0724 e. The lowest BCUT2D eigenvalue weighted by Crippen LogP contribution is -2.32. The van der Waals surface area contributed by atoms with Crippen molar-refractivity contribution in [1.29, 1.82) is 0 Å². The van der Waals surface area contributed by atoms with Crippen molar-refractivity contribution in [1.82, 2.24) is 0 Å². The number of hydrogen-bond acceptors (Lipinski definition) is 3. The van der Waals surface area contributed by atoms with Crippen molar-refractivity contribution < 1.29 is 0 Å². The number of thioether (sulfide) groups is 1. The normalized spacial score (nSPS) is 20.3. The second-order valence-electron chi connectivity index (χ2n) is 5.83. The maximum absolute atomic E-state index is 6.17. The molecule has 0 spiro atoms. The van der Waals surface area contributed by atoms with Gasteiger partial charge in [-0.05, 0) is 42.9 Å². The van der Waals surface area contributed by atoms with Crippen molar-refractivity contribution in [3.8, 4) is 0 Å². The predicted molar refractivity (Wildman–Crippen MR) is 100 cm³/mol. The van der Waals surface area contributed by atoms with E-state index in [0.29, 0.717) is 16.0 Å². The third-order valence-electron chi connectivity index (χ3n) is 4.39. The van der Waals surface area contributed by atoms with Crippen LogP contribution in [0.25, 0.3) is 0 Å². The van der Waals surface area contributed by atoms with Crippen molar-refractivity contribution in [2.75, 3.05) is 17.3 Å². The van der Waals surface area contributed by atoms with Gasteiger partial charge in [-0.15, -0.1) is 11.8 Å². The van der Waals surface area contributed by atoms with E-state index in [9.17, 15) is 0 Å². The second-order valence-corrected chi connectivity index (χ2v) is 7.78. The highest BCUT2D eigenvalue weighted by Gasteiger charge is 2.28. The van der Waals surface area contributed by atoms with Gasteiger partial charge < -0.3 is 0 Å². The summed E-state index contributed by atoms with van der Waals surface area (Å²) in [4.78, 5) is 1.34. The van der Waals surface area contributed by atoms with Gasteiger partial charge in [-0.2, -0.15) is 5.10 Å². The molecule has 0 saturated carbocycles. The molecule has 2 aliphatic rings. The van der Waals surface area contributed by atoms with E-state index in [1.54, 1.807) is 0 Å². The minimum absolute atomic E-state index is 0.546. The van der Waals surface area contributed by atoms with Gasteiger partial charge in [0.05, 0.1) is 21.4 Å². The summed E-state index contributed by atoms with van der Waals surface area (Å²) in [7, 11) is 0. The van der Waals surface area contributed by atoms with Crippen LogP contribution in [0.5, 0.6) is 0 Å². The molecule has 0 fully saturated rings. The quantitative estimate of drug-likeness (QED) is 0.644. The summed E-state index contributed by atoms with van der Waals surface area (Å²) in [6.07, 6.45) is 2.31. The Morgan fingerprint density at radius 1 is 1.04 bits per heavy atom. The number of nitrogens with zero attached hydrogens (tertiary/aromatic N) is 2. The van der Waals surface area contributed by atoms with E-state index >= 15 is 0 Å². The molecule has 0 N–H and O–H groups in total. The summed E-state index contributed by atoms with van der Waals surface area (Å²) in [6.45, 7) is 0.916. The molecule has 118 valence electrons. The van der Waals surface area contributed by atoms with Crippen molar-refractivity contribution in [3.05, 3.63) is 58.1 Å². The molecular weight excluding hydrogens is 347 g/mol. The van der Waals surface area contributed by atoms with Crippen LogP contribution < -0.4 is 5.01 Å². The molecule has 2 nitrogen and oxygen atoms in total. The van der Waals surface area contributed by atoms with E-state index in [1.807, 2.05) is 30.0 Å². The first kappa shape index (κ1) is 15.4. The van der Waals surface area contributed by atoms with Crippen molar-refractivity contribution >= 4 is 46.4 Å². The van der Waals surface area contributed by atoms with Gasteiger partial charge in [0.15, 0.2) is 0 Å². The number of rotatable bonds is 1. The van der Waals surface area contributed by atoms with E-state index < -0.39 is 0 Å². The van der Waals surface area contributed by atoms with Crippen LogP contribution in [0.4, 0.5) is 5.69 Å². The molecule has 23 heavy (non-hydrogen) atoms. The maximum atomic E-state index is 6.17. The Morgan fingerprint density at radius 3 is 2.78 bits per heavy atom. The molecule has 1 unspecified atom stereocenters. The van der Waals surface area contributed by atoms with Crippen LogP contribution in [0, 0.1) is 5.92 Å². The van der Waals surface area contributed by atoms with Crippen LogP contribution in [0.15, 0.2) is 52.5 Å². The molecule has 2 aliphatic heterocycles. The van der Waals surface area contributed by atoms with Gasteiger partial charge in [-0.3, -0.25) is 5.01 Å². The first-order valence-electron chi connectivity index (χ1n) is 7.75. The van der Waals surface area contributed by atoms with Gasteiger partial charge in [-0.1, -0.05) is 41.4 Å². The fraction of sp³-hybridized carbons (Fsp3) is 0.278. The molecule has 2 aromatic rings. The lowest BCUT2D eigenvalue weighted by molar-refractivity contribution is 0.570. The maximum Gasteiger partial charge on any atom is 0.0724 e. The molecule has 0 amide bonds. The monoisotopic (exact) mass is 362 g/mol. The van der Waals surface area contributed by atoms with E-state index in [0.717, 1.165) is 24.4 Å². The van der Waals surface area contributed by atoms with Gasteiger partial charge >= 0.3 is 0 Å². The molecule has 2 heterocycles. The first-order chi connectivity index (χ1) is 11.2. The van der Waals surface area contributed by atoms with E-state index in [2.05, 4.69) is 29.3 Å². The highest BCUT2D eigenvalue weighted by atomic mass is 35.5. The lowest BCUT2D eigenvalue weighted by atomic mass is 9.90. The Bertz CT molecular complexity index is 775. The Morgan fingerprint density at radius 2 is 1.91 bits per heavy atom. The minimum atomic E-state index is 0.546. The second kappa shape index (κ2) is 6.39. The molecule has 0 aliphatic carbocycles. The number of anilines is 1. The van der Waals surface area contributed by atoms with Crippen LogP contribution >= 0.6 is 35.0 Å². The highest BCUT2D eigenvalue weighted by Crippen LogP contribution is 2.36. The number of fused-ring (bicyclic) bond motifs is 3.